The van der Waals surface area contributed by atoms with Crippen LogP contribution in [-0.2, 0) is 16.0 Å². The summed E-state index contributed by atoms with van der Waals surface area (Å²) in [6, 6.07) is 3.42. The standard InChI is InChI=1S/C13H20N4O2/c1-4-17(9-13(19)16(2)3)12(18)7-11-6-5-10(14)8-15-11/h5-6,8H,4,7,9,14H2,1-3H3. The van der Waals surface area contributed by atoms with Crippen molar-refractivity contribution in [1.29, 1.82) is 0 Å². The van der Waals surface area contributed by atoms with Crippen molar-refractivity contribution in [3.8, 4) is 0 Å². The van der Waals surface area contributed by atoms with Crippen LogP contribution in [0.25, 0.3) is 0 Å². The summed E-state index contributed by atoms with van der Waals surface area (Å²) in [5.74, 6) is -0.213. The molecular formula is C13H20N4O2. The summed E-state index contributed by atoms with van der Waals surface area (Å²) in [6.45, 7) is 2.43. The zero-order valence-corrected chi connectivity index (χ0v) is 11.6. The van der Waals surface area contributed by atoms with Gasteiger partial charge in [-0.1, -0.05) is 0 Å². The van der Waals surface area contributed by atoms with Crippen LogP contribution >= 0.6 is 0 Å². The van der Waals surface area contributed by atoms with Crippen LogP contribution < -0.4 is 5.73 Å². The fraction of sp³-hybridized carbons (Fsp3) is 0.462. The van der Waals surface area contributed by atoms with Crippen molar-refractivity contribution in [2.24, 2.45) is 0 Å². The third kappa shape index (κ3) is 4.57. The highest BCUT2D eigenvalue weighted by Crippen LogP contribution is 2.04. The van der Waals surface area contributed by atoms with Gasteiger partial charge in [0.25, 0.3) is 0 Å². The van der Waals surface area contributed by atoms with Gasteiger partial charge in [-0.05, 0) is 19.1 Å². The van der Waals surface area contributed by atoms with Crippen LogP contribution in [0.5, 0.6) is 0 Å². The minimum atomic E-state index is -0.116. The normalized spacial score (nSPS) is 10.1. The molecule has 6 nitrogen and oxygen atoms in total. The first kappa shape index (κ1) is 14.9. The largest absolute Gasteiger partial charge is 0.397 e. The van der Waals surface area contributed by atoms with E-state index in [0.29, 0.717) is 17.9 Å². The van der Waals surface area contributed by atoms with Crippen molar-refractivity contribution in [3.05, 3.63) is 24.0 Å². The lowest BCUT2D eigenvalue weighted by molar-refractivity contribution is -0.138. The van der Waals surface area contributed by atoms with Gasteiger partial charge in [-0.2, -0.15) is 0 Å². The molecule has 0 atom stereocenters. The molecular weight excluding hydrogens is 244 g/mol. The second-order valence-corrected chi connectivity index (χ2v) is 4.46. The Morgan fingerprint density at radius 1 is 1.26 bits per heavy atom. The summed E-state index contributed by atoms with van der Waals surface area (Å²) in [4.78, 5) is 30.7. The number of carbonyl (C=O) groups is 2. The molecule has 0 aliphatic heterocycles. The molecule has 1 aromatic heterocycles. The topological polar surface area (TPSA) is 79.5 Å². The van der Waals surface area contributed by atoms with Gasteiger partial charge < -0.3 is 15.5 Å². The van der Waals surface area contributed by atoms with E-state index in [9.17, 15) is 9.59 Å². The van der Waals surface area contributed by atoms with Gasteiger partial charge in [0.05, 0.1) is 24.8 Å². The van der Waals surface area contributed by atoms with E-state index in [0.717, 1.165) is 0 Å². The summed E-state index contributed by atoms with van der Waals surface area (Å²) in [6.07, 6.45) is 1.69. The van der Waals surface area contributed by atoms with Crippen molar-refractivity contribution >= 4 is 17.5 Å². The molecule has 0 fully saturated rings. The van der Waals surface area contributed by atoms with Crippen molar-refractivity contribution in [2.45, 2.75) is 13.3 Å². The molecule has 0 bridgehead atoms. The number of anilines is 1. The minimum Gasteiger partial charge on any atom is -0.397 e. The van der Waals surface area contributed by atoms with Crippen molar-refractivity contribution in [3.63, 3.8) is 0 Å². The molecule has 1 rings (SSSR count). The van der Waals surface area contributed by atoms with E-state index in [2.05, 4.69) is 4.98 Å². The molecule has 0 saturated heterocycles. The fourth-order valence-corrected chi connectivity index (χ4v) is 1.49. The highest BCUT2D eigenvalue weighted by Gasteiger charge is 2.17. The van der Waals surface area contributed by atoms with Crippen LogP contribution in [0, 0.1) is 0 Å². The van der Waals surface area contributed by atoms with Gasteiger partial charge >= 0.3 is 0 Å². The van der Waals surface area contributed by atoms with E-state index >= 15 is 0 Å². The van der Waals surface area contributed by atoms with Gasteiger partial charge in [0.2, 0.25) is 11.8 Å². The lowest BCUT2D eigenvalue weighted by atomic mass is 10.2. The number of hydrogen-bond donors (Lipinski definition) is 1. The minimum absolute atomic E-state index is 0.0945. The summed E-state index contributed by atoms with van der Waals surface area (Å²) in [5.41, 5.74) is 6.74. The van der Waals surface area contributed by atoms with Gasteiger partial charge in [0, 0.05) is 26.3 Å². The Hall–Kier alpha value is -2.11. The molecule has 2 amide bonds. The first-order valence-corrected chi connectivity index (χ1v) is 6.12. The van der Waals surface area contributed by atoms with Gasteiger partial charge in [0.15, 0.2) is 0 Å². The average molecular weight is 264 g/mol. The van der Waals surface area contributed by atoms with Gasteiger partial charge in [-0.3, -0.25) is 14.6 Å². The predicted octanol–water partition coefficient (Wildman–Crippen LogP) is 0.143. The smallest absolute Gasteiger partial charge is 0.241 e. The van der Waals surface area contributed by atoms with Crippen molar-refractivity contribution in [1.82, 2.24) is 14.8 Å². The molecule has 0 aromatic carbocycles. The Balaban J connectivity index is 2.63. The number of likely N-dealkylation sites (N-methyl/N-ethyl adjacent to an activating group) is 2. The second-order valence-electron chi connectivity index (χ2n) is 4.46. The fourth-order valence-electron chi connectivity index (χ4n) is 1.49. The molecule has 0 radical (unpaired) electrons. The molecule has 0 aliphatic carbocycles. The number of hydrogen-bond acceptors (Lipinski definition) is 4. The van der Waals surface area contributed by atoms with E-state index in [1.54, 1.807) is 26.2 Å². The lowest BCUT2D eigenvalue weighted by Crippen LogP contribution is -2.40. The average Bonchev–Trinajstić information content (AvgIpc) is 2.38. The van der Waals surface area contributed by atoms with Crippen molar-refractivity contribution in [2.75, 3.05) is 32.9 Å². The third-order valence-electron chi connectivity index (χ3n) is 2.74. The van der Waals surface area contributed by atoms with E-state index in [1.807, 2.05) is 6.92 Å². The van der Waals surface area contributed by atoms with Crippen LogP contribution in [0.4, 0.5) is 5.69 Å². The molecule has 1 heterocycles. The lowest BCUT2D eigenvalue weighted by Gasteiger charge is -2.22. The van der Waals surface area contributed by atoms with E-state index in [1.165, 1.54) is 16.0 Å². The number of nitrogens with two attached hydrogens (primary N) is 1. The Kier molecular flexibility index (Phi) is 5.29. The van der Waals surface area contributed by atoms with E-state index in [4.69, 9.17) is 5.73 Å². The Labute approximate surface area is 113 Å². The van der Waals surface area contributed by atoms with Gasteiger partial charge in [-0.25, -0.2) is 0 Å². The first-order valence-electron chi connectivity index (χ1n) is 6.12. The zero-order valence-electron chi connectivity index (χ0n) is 11.6. The maximum Gasteiger partial charge on any atom is 0.241 e. The highest BCUT2D eigenvalue weighted by molar-refractivity contribution is 5.85. The SMILES string of the molecule is CCN(CC(=O)N(C)C)C(=O)Cc1ccc(N)cn1. The van der Waals surface area contributed by atoms with Gasteiger partial charge in [-0.15, -0.1) is 0 Å². The van der Waals surface area contributed by atoms with Crippen LogP contribution in [0.15, 0.2) is 18.3 Å². The van der Waals surface area contributed by atoms with Crippen LogP contribution in [0.3, 0.4) is 0 Å². The quantitative estimate of drug-likeness (QED) is 0.820. The zero-order chi connectivity index (χ0) is 14.4. The molecule has 0 unspecified atom stereocenters. The van der Waals surface area contributed by atoms with Crippen molar-refractivity contribution < 1.29 is 9.59 Å². The maximum absolute atomic E-state index is 12.1. The maximum atomic E-state index is 12.1. The second kappa shape index (κ2) is 6.72. The number of carbonyl (C=O) groups excluding carboxylic acids is 2. The van der Waals surface area contributed by atoms with Crippen LogP contribution in [-0.4, -0.2) is 53.8 Å². The Morgan fingerprint density at radius 3 is 2.42 bits per heavy atom. The summed E-state index contributed by atoms with van der Waals surface area (Å²) >= 11 is 0. The number of amides is 2. The molecule has 2 N–H and O–H groups in total. The number of aromatic nitrogens is 1. The third-order valence-corrected chi connectivity index (χ3v) is 2.74. The van der Waals surface area contributed by atoms with Gasteiger partial charge in [0.1, 0.15) is 0 Å². The van der Waals surface area contributed by atoms with Crippen LogP contribution in [0.1, 0.15) is 12.6 Å². The first-order chi connectivity index (χ1) is 8.93. The van der Waals surface area contributed by atoms with Crippen LogP contribution in [0.2, 0.25) is 0 Å². The number of pyridine rings is 1. The molecule has 0 aliphatic rings. The molecule has 0 saturated carbocycles. The molecule has 1 aromatic rings. The monoisotopic (exact) mass is 264 g/mol. The van der Waals surface area contributed by atoms with E-state index in [-0.39, 0.29) is 24.8 Å². The molecule has 0 spiro atoms. The molecule has 19 heavy (non-hydrogen) atoms. The number of nitrogens with zero attached hydrogens (tertiary/aromatic N) is 3. The molecule has 104 valence electrons. The summed E-state index contributed by atoms with van der Waals surface area (Å²) in [7, 11) is 3.34. The predicted molar refractivity (Wildman–Crippen MR) is 73.3 cm³/mol. The Bertz CT molecular complexity index is 442. The number of nitrogen functional groups attached to an aromatic ring is 1. The van der Waals surface area contributed by atoms with E-state index < -0.39 is 0 Å². The highest BCUT2D eigenvalue weighted by atomic mass is 16.2. The Morgan fingerprint density at radius 2 is 1.95 bits per heavy atom. The molecule has 6 heteroatoms. The summed E-state index contributed by atoms with van der Waals surface area (Å²) < 4.78 is 0. The number of rotatable bonds is 5. The summed E-state index contributed by atoms with van der Waals surface area (Å²) in [5, 5.41) is 0.